The first-order valence-corrected chi connectivity index (χ1v) is 14.6. The molecule has 1 spiro atoms. The van der Waals surface area contributed by atoms with E-state index < -0.39 is 0 Å². The molecule has 2 saturated heterocycles. The predicted octanol–water partition coefficient (Wildman–Crippen LogP) is 6.12. The number of carbonyl (C=O) groups is 1. The zero-order chi connectivity index (χ0) is 26.1. The van der Waals surface area contributed by atoms with Gasteiger partial charge in [-0.3, -0.25) is 4.98 Å². The summed E-state index contributed by atoms with van der Waals surface area (Å²) in [7, 11) is 0. The number of rotatable bonds is 7. The average molecular weight is 585 g/mol. The smallest absolute Gasteiger partial charge is 0.409 e. The fraction of sp³-hybridized carbons (Fsp3) is 0.571. The van der Waals surface area contributed by atoms with Gasteiger partial charge in [-0.05, 0) is 63.1 Å². The molecule has 9 nitrogen and oxygen atoms in total. The van der Waals surface area contributed by atoms with Crippen LogP contribution in [0.2, 0.25) is 0 Å². The average Bonchev–Trinajstić information content (AvgIpc) is 3.62. The first-order chi connectivity index (χ1) is 18.6. The number of benzene rings is 1. The maximum absolute atomic E-state index is 12.6. The summed E-state index contributed by atoms with van der Waals surface area (Å²) >= 11 is 3.61. The number of amides is 1. The Morgan fingerprint density at radius 3 is 2.92 bits per heavy atom. The van der Waals surface area contributed by atoms with Crippen molar-refractivity contribution in [2.45, 2.75) is 70.6 Å². The van der Waals surface area contributed by atoms with Crippen LogP contribution >= 0.6 is 15.9 Å². The van der Waals surface area contributed by atoms with Crippen LogP contribution in [0.5, 0.6) is 5.88 Å². The molecular formula is C28H34BrN5O4. The summed E-state index contributed by atoms with van der Waals surface area (Å²) in [6.07, 6.45) is 11.0. The van der Waals surface area contributed by atoms with Crippen LogP contribution in [0.4, 0.5) is 4.79 Å². The van der Waals surface area contributed by atoms with Crippen LogP contribution in [0.3, 0.4) is 0 Å². The van der Waals surface area contributed by atoms with Crippen molar-refractivity contribution in [2.75, 3.05) is 26.3 Å². The standard InChI is InChI=1S/C28H34BrN5O4/c1-2-3-13-37-27(35)33-12-11-28(9-10-28)23(18-33)38-24-17-30-16-21(31-24)26-20-15-19(29)7-8-22(20)34(32-26)25-6-4-5-14-36-25/h7-8,15-17,23,25H,2-6,9-14,18H2,1H3. The Hall–Kier alpha value is -2.72. The number of ether oxygens (including phenoxy) is 3. The highest BCUT2D eigenvalue weighted by Gasteiger charge is 2.54. The summed E-state index contributed by atoms with van der Waals surface area (Å²) in [5.74, 6) is 0.451. The maximum Gasteiger partial charge on any atom is 0.409 e. The molecule has 0 bridgehead atoms. The predicted molar refractivity (Wildman–Crippen MR) is 146 cm³/mol. The summed E-state index contributed by atoms with van der Waals surface area (Å²) in [6, 6.07) is 6.15. The van der Waals surface area contributed by atoms with Gasteiger partial charge in [-0.25, -0.2) is 14.5 Å². The van der Waals surface area contributed by atoms with Gasteiger partial charge < -0.3 is 19.1 Å². The second-order valence-electron chi connectivity index (χ2n) is 10.7. The van der Waals surface area contributed by atoms with Gasteiger partial charge in [0.15, 0.2) is 6.23 Å². The Labute approximate surface area is 231 Å². The molecule has 3 aromatic rings. The van der Waals surface area contributed by atoms with Gasteiger partial charge in [0.2, 0.25) is 5.88 Å². The molecule has 1 amide bonds. The quantitative estimate of drug-likeness (QED) is 0.309. The van der Waals surface area contributed by atoms with Crippen LogP contribution in [0.15, 0.2) is 35.1 Å². The molecule has 1 saturated carbocycles. The molecule has 3 aliphatic rings. The van der Waals surface area contributed by atoms with E-state index in [0.717, 1.165) is 79.0 Å². The molecule has 2 aromatic heterocycles. The first kappa shape index (κ1) is 25.6. The SMILES string of the molecule is CCCCOC(=O)N1CCC2(CC2)C(Oc2cncc(-c3nn(C4CCCCO4)c4ccc(Br)cc34)n2)C1. The third-order valence-electron chi connectivity index (χ3n) is 8.04. The van der Waals surface area contributed by atoms with Crippen molar-refractivity contribution < 1.29 is 19.0 Å². The van der Waals surface area contributed by atoms with Crippen molar-refractivity contribution in [1.82, 2.24) is 24.6 Å². The second-order valence-corrected chi connectivity index (χ2v) is 11.6. The Bertz CT molecular complexity index is 1300. The van der Waals surface area contributed by atoms with Crippen LogP contribution in [0.1, 0.15) is 64.5 Å². The van der Waals surface area contributed by atoms with Gasteiger partial charge >= 0.3 is 6.09 Å². The number of hydrogen-bond donors (Lipinski definition) is 0. The number of hydrogen-bond acceptors (Lipinski definition) is 7. The number of fused-ring (bicyclic) bond motifs is 1. The molecule has 2 unspecified atom stereocenters. The van der Waals surface area contributed by atoms with Crippen LogP contribution in [0.25, 0.3) is 22.3 Å². The van der Waals surface area contributed by atoms with Crippen molar-refractivity contribution >= 4 is 32.9 Å². The van der Waals surface area contributed by atoms with Gasteiger partial charge in [-0.2, -0.15) is 5.10 Å². The lowest BCUT2D eigenvalue weighted by atomic mass is 9.90. The topological polar surface area (TPSA) is 91.6 Å². The summed E-state index contributed by atoms with van der Waals surface area (Å²) in [5.41, 5.74) is 2.51. The number of halogens is 1. The van der Waals surface area contributed by atoms with E-state index >= 15 is 0 Å². The van der Waals surface area contributed by atoms with E-state index in [-0.39, 0.29) is 23.8 Å². The third-order valence-corrected chi connectivity index (χ3v) is 8.53. The molecule has 2 aliphatic heterocycles. The highest BCUT2D eigenvalue weighted by atomic mass is 79.9. The molecule has 0 radical (unpaired) electrons. The van der Waals surface area contributed by atoms with E-state index in [0.29, 0.717) is 31.3 Å². The summed E-state index contributed by atoms with van der Waals surface area (Å²) < 4.78 is 20.9. The lowest BCUT2D eigenvalue weighted by Gasteiger charge is -2.38. The highest BCUT2D eigenvalue weighted by Crippen LogP contribution is 2.54. The van der Waals surface area contributed by atoms with E-state index in [1.807, 2.05) is 10.7 Å². The van der Waals surface area contributed by atoms with E-state index in [1.165, 1.54) is 0 Å². The van der Waals surface area contributed by atoms with Gasteiger partial charge in [0, 0.05) is 28.4 Å². The molecule has 1 aliphatic carbocycles. The minimum atomic E-state index is -0.255. The van der Waals surface area contributed by atoms with Crippen molar-refractivity contribution in [3.05, 3.63) is 35.1 Å². The van der Waals surface area contributed by atoms with E-state index in [1.54, 1.807) is 17.3 Å². The Morgan fingerprint density at radius 2 is 2.13 bits per heavy atom. The van der Waals surface area contributed by atoms with E-state index in [2.05, 4.69) is 40.0 Å². The monoisotopic (exact) mass is 583 g/mol. The van der Waals surface area contributed by atoms with Crippen LogP contribution in [-0.2, 0) is 9.47 Å². The molecule has 10 heteroatoms. The number of unbranched alkanes of at least 4 members (excludes halogenated alkanes) is 1. The van der Waals surface area contributed by atoms with Crippen molar-refractivity contribution in [1.29, 1.82) is 0 Å². The van der Waals surface area contributed by atoms with Gasteiger partial charge in [0.1, 0.15) is 17.5 Å². The number of likely N-dealkylation sites (tertiary alicyclic amines) is 1. The molecule has 3 fully saturated rings. The molecule has 38 heavy (non-hydrogen) atoms. The molecular weight excluding hydrogens is 550 g/mol. The van der Waals surface area contributed by atoms with Gasteiger partial charge in [-0.15, -0.1) is 0 Å². The number of nitrogens with zero attached hydrogens (tertiary/aromatic N) is 5. The Balaban J connectivity index is 1.25. The Morgan fingerprint density at radius 1 is 1.24 bits per heavy atom. The largest absolute Gasteiger partial charge is 0.471 e. The van der Waals surface area contributed by atoms with Crippen LogP contribution in [-0.4, -0.2) is 63.1 Å². The molecule has 6 rings (SSSR count). The fourth-order valence-corrected chi connectivity index (χ4v) is 5.92. The molecule has 1 aromatic carbocycles. The first-order valence-electron chi connectivity index (χ1n) is 13.8. The minimum absolute atomic E-state index is 0.0893. The zero-order valence-corrected chi connectivity index (χ0v) is 23.4. The Kier molecular flexibility index (Phi) is 7.27. The summed E-state index contributed by atoms with van der Waals surface area (Å²) in [6.45, 7) is 4.49. The molecule has 4 heterocycles. The zero-order valence-electron chi connectivity index (χ0n) is 21.8. The molecule has 202 valence electrons. The van der Waals surface area contributed by atoms with Gasteiger partial charge in [-0.1, -0.05) is 29.3 Å². The fourth-order valence-electron chi connectivity index (χ4n) is 5.56. The van der Waals surface area contributed by atoms with Gasteiger partial charge in [0.25, 0.3) is 0 Å². The molecule has 0 N–H and O–H groups in total. The number of carbonyl (C=O) groups excluding carboxylic acids is 1. The third kappa shape index (κ3) is 5.12. The van der Waals surface area contributed by atoms with E-state index in [9.17, 15) is 4.79 Å². The highest BCUT2D eigenvalue weighted by molar-refractivity contribution is 9.10. The van der Waals surface area contributed by atoms with Crippen molar-refractivity contribution in [3.63, 3.8) is 0 Å². The lowest BCUT2D eigenvalue weighted by Crippen LogP contribution is -2.50. The van der Waals surface area contributed by atoms with Crippen LogP contribution in [0, 0.1) is 5.41 Å². The van der Waals surface area contributed by atoms with Crippen LogP contribution < -0.4 is 4.74 Å². The molecule has 2 atom stereocenters. The number of aromatic nitrogens is 4. The van der Waals surface area contributed by atoms with E-state index in [4.69, 9.17) is 24.3 Å². The summed E-state index contributed by atoms with van der Waals surface area (Å²) in [5, 5.41) is 5.95. The maximum atomic E-state index is 12.6. The van der Waals surface area contributed by atoms with Crippen molar-refractivity contribution in [3.8, 4) is 17.3 Å². The summed E-state index contributed by atoms with van der Waals surface area (Å²) in [4.78, 5) is 23.7. The lowest BCUT2D eigenvalue weighted by molar-refractivity contribution is -0.0365. The van der Waals surface area contributed by atoms with Crippen molar-refractivity contribution in [2.24, 2.45) is 5.41 Å². The minimum Gasteiger partial charge on any atom is -0.471 e. The normalized spacial score (nSPS) is 22.5. The van der Waals surface area contributed by atoms with Gasteiger partial charge in [0.05, 0.1) is 31.1 Å². The number of piperidine rings is 1. The second kappa shape index (κ2) is 10.8.